The Labute approximate surface area is 441 Å². The summed E-state index contributed by atoms with van der Waals surface area (Å²) < 4.78 is 93.6. The first kappa shape index (κ1) is 54.3. The molecule has 0 atom stereocenters. The van der Waals surface area contributed by atoms with E-state index in [0.717, 1.165) is 0 Å². The summed E-state index contributed by atoms with van der Waals surface area (Å²) in [6.07, 6.45) is 1.59. The van der Waals surface area contributed by atoms with Gasteiger partial charge in [0.1, 0.15) is 44.4 Å². The molecular weight excluding hydrogens is 1010 g/mol. The van der Waals surface area contributed by atoms with Crippen molar-refractivity contribution >= 4 is 37.9 Å². The fraction of sp³-hybridized carbons (Fsp3) is 0.315. The van der Waals surface area contributed by atoms with E-state index >= 15 is 16.8 Å². The highest BCUT2D eigenvalue weighted by molar-refractivity contribution is 7.94. The largest absolute Gasteiger partial charge is 0.497 e. The Morgan fingerprint density at radius 2 is 1.21 bits per heavy atom. The zero-order chi connectivity index (χ0) is 54.6. The number of likely N-dealkylation sites (tertiary alicyclic amines) is 1. The van der Waals surface area contributed by atoms with Crippen molar-refractivity contribution in [1.82, 2.24) is 39.4 Å². The number of rotatable bonds is 17. The highest BCUT2D eigenvalue weighted by Crippen LogP contribution is 2.44. The molecule has 22 heteroatoms. The quantitative estimate of drug-likeness (QED) is 0.0898. The molecule has 76 heavy (non-hydrogen) atoms. The van der Waals surface area contributed by atoms with Crippen molar-refractivity contribution in [3.63, 3.8) is 0 Å². The summed E-state index contributed by atoms with van der Waals surface area (Å²) in [6.45, 7) is 9.35. The molecule has 7 aromatic rings. The fourth-order valence-electron chi connectivity index (χ4n) is 8.24. The Balaban J connectivity index is 1.37. The molecule has 8 rings (SSSR count). The van der Waals surface area contributed by atoms with Crippen LogP contribution in [-0.4, -0.2) is 119 Å². The monoisotopic (exact) mass is 1070 g/mol. The Bertz CT molecular complexity index is 3400. The SMILES string of the molecule is COc1ccc(CN(Cc2ccc(OC)cc2)S(=O)(=O)c2c(S(=O)(=O)C3CN(C(=O)OC(C)(C)C)C3)ccc(-c3ccnc(-c4ccnc(NC(=O)OC(C)(C)C)c4)c3)c2-c2nnnn2Cc2ccc(OC)cc2)cc1. The predicted molar refractivity (Wildman–Crippen MR) is 283 cm³/mol. The van der Waals surface area contributed by atoms with Crippen LogP contribution in [0.2, 0.25) is 0 Å². The lowest BCUT2D eigenvalue weighted by molar-refractivity contribution is 0.0138. The number of amides is 2. The van der Waals surface area contributed by atoms with E-state index in [0.29, 0.717) is 50.8 Å². The van der Waals surface area contributed by atoms with E-state index in [9.17, 15) is 9.59 Å². The van der Waals surface area contributed by atoms with Gasteiger partial charge in [0.05, 0.1) is 44.0 Å². The van der Waals surface area contributed by atoms with E-state index in [1.807, 2.05) is 0 Å². The Hall–Kier alpha value is -7.95. The van der Waals surface area contributed by atoms with Crippen LogP contribution in [0.1, 0.15) is 58.2 Å². The van der Waals surface area contributed by atoms with Crippen LogP contribution in [0.4, 0.5) is 15.4 Å². The number of pyridine rings is 2. The highest BCUT2D eigenvalue weighted by Gasteiger charge is 2.46. The molecular formula is C54H59N9O11S2. The van der Waals surface area contributed by atoms with E-state index in [-0.39, 0.29) is 55.5 Å². The number of ether oxygens (including phenoxy) is 5. The minimum absolute atomic E-state index is 0.0170. The standard InChI is InChI=1S/C54H59N9O11S2/c1-53(2,3)73-51(64)57-47-29-39(25-27-56-47)45-28-38(24-26-55-45)44-22-23-46(75(66,67)43-33-61(34-43)52(65)74-54(4,5)6)49(48(44)50-58-59-60-63(50)32-37-14-20-42(72-9)21-15-37)76(68,69)62(30-35-10-16-40(70-7)17-11-35)31-36-12-18-41(71-8)19-13-36/h10-29,43H,30-34H2,1-9H3,(H,56,57,64). The molecule has 0 radical (unpaired) electrons. The Morgan fingerprint density at radius 3 is 1.76 bits per heavy atom. The fourth-order valence-corrected chi connectivity index (χ4v) is 12.3. The summed E-state index contributed by atoms with van der Waals surface area (Å²) in [4.78, 5) is 35.0. The van der Waals surface area contributed by atoms with Crippen LogP contribution in [0.5, 0.6) is 17.2 Å². The number of tetrazole rings is 1. The van der Waals surface area contributed by atoms with Crippen LogP contribution < -0.4 is 19.5 Å². The van der Waals surface area contributed by atoms with Crippen molar-refractivity contribution < 1.29 is 50.1 Å². The first-order valence-electron chi connectivity index (χ1n) is 24.0. The number of anilines is 1. The minimum atomic E-state index is -5.01. The average molecular weight is 1070 g/mol. The van der Waals surface area contributed by atoms with E-state index < -0.39 is 58.3 Å². The van der Waals surface area contributed by atoms with Crippen LogP contribution in [0, 0.1) is 0 Å². The van der Waals surface area contributed by atoms with Crippen LogP contribution in [0.25, 0.3) is 33.8 Å². The van der Waals surface area contributed by atoms with Gasteiger partial charge in [0.2, 0.25) is 10.0 Å². The first-order chi connectivity index (χ1) is 36.0. The van der Waals surface area contributed by atoms with Crippen molar-refractivity contribution in [1.29, 1.82) is 0 Å². The minimum Gasteiger partial charge on any atom is -0.497 e. The van der Waals surface area contributed by atoms with Crippen LogP contribution in [0.15, 0.2) is 131 Å². The third kappa shape index (κ3) is 12.6. The van der Waals surface area contributed by atoms with Gasteiger partial charge in [0.25, 0.3) is 0 Å². The van der Waals surface area contributed by atoms with Crippen molar-refractivity contribution in [3.8, 4) is 51.0 Å². The summed E-state index contributed by atoms with van der Waals surface area (Å²) in [7, 11) is -5.06. The van der Waals surface area contributed by atoms with Gasteiger partial charge >= 0.3 is 12.2 Å². The van der Waals surface area contributed by atoms with Gasteiger partial charge in [-0.2, -0.15) is 4.31 Å². The molecule has 1 aliphatic rings. The normalized spacial score (nSPS) is 13.2. The van der Waals surface area contributed by atoms with Gasteiger partial charge in [0.15, 0.2) is 15.7 Å². The first-order valence-corrected chi connectivity index (χ1v) is 27.0. The van der Waals surface area contributed by atoms with Crippen LogP contribution in [-0.2, 0) is 49.0 Å². The number of nitrogens with one attached hydrogen (secondary N) is 1. The van der Waals surface area contributed by atoms with E-state index in [2.05, 4.69) is 30.8 Å². The van der Waals surface area contributed by atoms with E-state index in [1.165, 1.54) is 52.6 Å². The molecule has 0 bridgehead atoms. The number of sulfonamides is 1. The zero-order valence-electron chi connectivity index (χ0n) is 43.5. The van der Waals surface area contributed by atoms with Gasteiger partial charge in [-0.1, -0.05) is 42.5 Å². The zero-order valence-corrected chi connectivity index (χ0v) is 45.2. The molecule has 20 nitrogen and oxygen atoms in total. The Morgan fingerprint density at radius 1 is 0.671 bits per heavy atom. The lowest BCUT2D eigenvalue weighted by atomic mass is 9.98. The second kappa shape index (κ2) is 22.1. The van der Waals surface area contributed by atoms with Gasteiger partial charge < -0.3 is 28.6 Å². The molecule has 0 unspecified atom stereocenters. The number of hydrogen-bond acceptors (Lipinski definition) is 16. The molecule has 0 saturated carbocycles. The predicted octanol–water partition coefficient (Wildman–Crippen LogP) is 8.67. The average Bonchev–Trinajstić information content (AvgIpc) is 3.82. The molecule has 1 fully saturated rings. The number of aromatic nitrogens is 6. The van der Waals surface area contributed by atoms with E-state index in [4.69, 9.17) is 23.7 Å². The van der Waals surface area contributed by atoms with Gasteiger partial charge in [-0.05, 0) is 147 Å². The lowest BCUT2D eigenvalue weighted by Crippen LogP contribution is -2.57. The van der Waals surface area contributed by atoms with Crippen molar-refractivity contribution in [2.45, 2.75) is 87.4 Å². The summed E-state index contributed by atoms with van der Waals surface area (Å²) in [5.41, 5.74) is 1.61. The molecule has 4 aromatic carbocycles. The molecule has 1 saturated heterocycles. The second-order valence-electron chi connectivity index (χ2n) is 19.8. The molecule has 4 heterocycles. The maximum absolute atomic E-state index is 16.4. The number of hydrogen-bond donors (Lipinski definition) is 1. The molecule has 1 aliphatic heterocycles. The van der Waals surface area contributed by atoms with Gasteiger partial charge in [0, 0.05) is 44.1 Å². The summed E-state index contributed by atoms with van der Waals surface area (Å²) in [5, 5.41) is 14.3. The number of sulfone groups is 1. The maximum atomic E-state index is 16.4. The number of carbonyl (C=O) groups excluding carboxylic acids is 2. The number of benzene rings is 4. The molecule has 2 amide bonds. The second-order valence-corrected chi connectivity index (χ2v) is 23.9. The smallest absolute Gasteiger partial charge is 0.413 e. The summed E-state index contributed by atoms with van der Waals surface area (Å²) in [5.74, 6) is 1.78. The summed E-state index contributed by atoms with van der Waals surface area (Å²) >= 11 is 0. The molecule has 3 aromatic heterocycles. The van der Waals surface area contributed by atoms with Gasteiger partial charge in [-0.15, -0.1) is 5.10 Å². The summed E-state index contributed by atoms with van der Waals surface area (Å²) in [6, 6.07) is 30.3. The van der Waals surface area contributed by atoms with Gasteiger partial charge in [-0.3, -0.25) is 10.3 Å². The topological polar surface area (TPSA) is 236 Å². The van der Waals surface area contributed by atoms with Crippen molar-refractivity contribution in [3.05, 3.63) is 138 Å². The third-order valence-corrected chi connectivity index (χ3v) is 16.1. The maximum Gasteiger partial charge on any atom is 0.413 e. The van der Waals surface area contributed by atoms with Crippen molar-refractivity contribution in [2.75, 3.05) is 39.7 Å². The van der Waals surface area contributed by atoms with Crippen LogP contribution >= 0.6 is 0 Å². The van der Waals surface area contributed by atoms with E-state index in [1.54, 1.807) is 146 Å². The van der Waals surface area contributed by atoms with Gasteiger partial charge in [-0.25, -0.2) is 36.1 Å². The number of nitrogens with zero attached hydrogens (tertiary/aromatic N) is 8. The number of carbonyl (C=O) groups is 2. The molecule has 0 spiro atoms. The molecule has 1 N–H and O–H groups in total. The van der Waals surface area contributed by atoms with Crippen molar-refractivity contribution in [2.24, 2.45) is 0 Å². The molecule has 398 valence electrons. The lowest BCUT2D eigenvalue weighted by Gasteiger charge is -2.39. The van der Waals surface area contributed by atoms with Crippen LogP contribution in [0.3, 0.4) is 0 Å². The number of methoxy groups -OCH3 is 3. The third-order valence-electron chi connectivity index (χ3n) is 12.0. The molecule has 0 aliphatic carbocycles. The Kier molecular flexibility index (Phi) is 15.8. The highest BCUT2D eigenvalue weighted by atomic mass is 32.2.